The summed E-state index contributed by atoms with van der Waals surface area (Å²) in [5.41, 5.74) is 5.82. The summed E-state index contributed by atoms with van der Waals surface area (Å²) in [4.78, 5) is 34.8. The van der Waals surface area contributed by atoms with E-state index in [1.165, 1.54) is 36.4 Å². The Hall–Kier alpha value is -3.66. The minimum absolute atomic E-state index is 0.0980. The minimum atomic E-state index is -1.18. The van der Waals surface area contributed by atoms with Crippen molar-refractivity contribution in [3.05, 3.63) is 53.5 Å². The van der Waals surface area contributed by atoms with Crippen LogP contribution in [0.5, 0.6) is 5.75 Å². The van der Waals surface area contributed by atoms with Gasteiger partial charge in [0.2, 0.25) is 5.76 Å². The second-order valence-corrected chi connectivity index (χ2v) is 5.53. The molecule has 10 heteroatoms. The van der Waals surface area contributed by atoms with Crippen LogP contribution in [-0.2, 0) is 16.1 Å². The van der Waals surface area contributed by atoms with Crippen molar-refractivity contribution in [3.8, 4) is 5.75 Å². The number of nitrogens with one attached hydrogen (secondary N) is 1. The van der Waals surface area contributed by atoms with Gasteiger partial charge in [0.15, 0.2) is 0 Å². The number of aliphatic carboxylic acids is 2. The smallest absolute Gasteiger partial charge is 0.379 e. The molecule has 0 aliphatic carbocycles. The molecular weight excluding hydrogens is 358 g/mol. The standard InChI is InChI=1S/C17H17N3O7/c18-16(19)10-1-3-11(4-2-10)27-17(25)13-6-5-12(26-13)7-20(8-14(21)22)9-15(23)24/h1-6H,7-9H2,(H3,18,19)(H,21,22)(H,23,24). The summed E-state index contributed by atoms with van der Waals surface area (Å²) < 4.78 is 10.5. The van der Waals surface area contributed by atoms with Crippen molar-refractivity contribution in [2.24, 2.45) is 5.73 Å². The molecule has 0 amide bonds. The number of furan rings is 1. The predicted molar refractivity (Wildman–Crippen MR) is 91.7 cm³/mol. The number of amidine groups is 1. The molecule has 0 aliphatic rings. The summed E-state index contributed by atoms with van der Waals surface area (Å²) in [7, 11) is 0. The molecular formula is C17H17N3O7. The van der Waals surface area contributed by atoms with Gasteiger partial charge in [0.1, 0.15) is 17.3 Å². The van der Waals surface area contributed by atoms with Crippen LogP contribution >= 0.6 is 0 Å². The Morgan fingerprint density at radius 1 is 1.04 bits per heavy atom. The molecule has 0 radical (unpaired) electrons. The van der Waals surface area contributed by atoms with E-state index in [1.54, 1.807) is 0 Å². The zero-order valence-electron chi connectivity index (χ0n) is 14.0. The molecule has 5 N–H and O–H groups in total. The number of nitrogens with two attached hydrogens (primary N) is 1. The Morgan fingerprint density at radius 3 is 2.15 bits per heavy atom. The highest BCUT2D eigenvalue weighted by Gasteiger charge is 2.18. The van der Waals surface area contributed by atoms with E-state index >= 15 is 0 Å². The van der Waals surface area contributed by atoms with Crippen LogP contribution in [0.3, 0.4) is 0 Å². The fourth-order valence-corrected chi connectivity index (χ4v) is 2.20. The van der Waals surface area contributed by atoms with E-state index in [0.29, 0.717) is 5.56 Å². The molecule has 10 nitrogen and oxygen atoms in total. The van der Waals surface area contributed by atoms with Crippen molar-refractivity contribution in [3.63, 3.8) is 0 Å². The van der Waals surface area contributed by atoms with Crippen LogP contribution < -0.4 is 10.5 Å². The van der Waals surface area contributed by atoms with Crippen molar-refractivity contribution < 1.29 is 33.8 Å². The molecule has 2 rings (SSSR count). The maximum absolute atomic E-state index is 12.1. The normalized spacial score (nSPS) is 10.6. The fraction of sp³-hybridized carbons (Fsp3) is 0.176. The molecule has 0 atom stereocenters. The largest absolute Gasteiger partial charge is 0.480 e. The number of carboxylic acid groups (broad SMARTS) is 2. The Labute approximate surface area is 153 Å². The number of carbonyl (C=O) groups excluding carboxylic acids is 1. The van der Waals surface area contributed by atoms with Gasteiger partial charge in [0.25, 0.3) is 0 Å². The molecule has 0 aliphatic heterocycles. The molecule has 0 saturated heterocycles. The van der Waals surface area contributed by atoms with Gasteiger partial charge < -0.3 is 25.1 Å². The number of ether oxygens (including phenoxy) is 1. The van der Waals surface area contributed by atoms with Crippen LogP contribution in [0.4, 0.5) is 0 Å². The fourth-order valence-electron chi connectivity index (χ4n) is 2.20. The van der Waals surface area contributed by atoms with Gasteiger partial charge in [-0.25, -0.2) is 4.79 Å². The van der Waals surface area contributed by atoms with Crippen molar-refractivity contribution in [2.75, 3.05) is 13.1 Å². The van der Waals surface area contributed by atoms with Gasteiger partial charge in [0, 0.05) is 5.56 Å². The lowest BCUT2D eigenvalue weighted by atomic mass is 10.2. The van der Waals surface area contributed by atoms with Crippen molar-refractivity contribution in [1.29, 1.82) is 5.41 Å². The Bertz CT molecular complexity index is 842. The van der Waals surface area contributed by atoms with Gasteiger partial charge in [-0.3, -0.25) is 19.9 Å². The summed E-state index contributed by atoms with van der Waals surface area (Å²) in [5.74, 6) is -2.94. The van der Waals surface area contributed by atoms with E-state index in [9.17, 15) is 14.4 Å². The molecule has 1 aromatic carbocycles. The van der Waals surface area contributed by atoms with E-state index in [2.05, 4.69) is 0 Å². The average molecular weight is 375 g/mol. The number of carboxylic acids is 2. The van der Waals surface area contributed by atoms with Gasteiger partial charge in [-0.1, -0.05) is 0 Å². The molecule has 27 heavy (non-hydrogen) atoms. The van der Waals surface area contributed by atoms with Crippen molar-refractivity contribution in [1.82, 2.24) is 4.90 Å². The molecule has 1 heterocycles. The maximum atomic E-state index is 12.1. The van der Waals surface area contributed by atoms with E-state index in [0.717, 1.165) is 4.90 Å². The number of benzene rings is 1. The van der Waals surface area contributed by atoms with Crippen molar-refractivity contribution >= 4 is 23.7 Å². The maximum Gasteiger partial charge on any atom is 0.379 e. The van der Waals surface area contributed by atoms with E-state index in [-0.39, 0.29) is 29.7 Å². The van der Waals surface area contributed by atoms with E-state index in [4.69, 9.17) is 30.5 Å². The predicted octanol–water partition coefficient (Wildman–Crippen LogP) is 0.754. The summed E-state index contributed by atoms with van der Waals surface area (Å²) in [6.45, 7) is -1.08. The van der Waals surface area contributed by atoms with Crippen molar-refractivity contribution in [2.45, 2.75) is 6.54 Å². The van der Waals surface area contributed by atoms with Crippen LogP contribution in [0.25, 0.3) is 0 Å². The Morgan fingerprint density at radius 2 is 1.63 bits per heavy atom. The second-order valence-electron chi connectivity index (χ2n) is 5.53. The molecule has 0 fully saturated rings. The topological polar surface area (TPSA) is 167 Å². The first kappa shape index (κ1) is 19.7. The molecule has 2 aromatic rings. The number of carbonyl (C=O) groups is 3. The first-order chi connectivity index (χ1) is 12.7. The molecule has 0 saturated carbocycles. The highest BCUT2D eigenvalue weighted by atomic mass is 16.5. The first-order valence-corrected chi connectivity index (χ1v) is 7.66. The van der Waals surface area contributed by atoms with Gasteiger partial charge >= 0.3 is 17.9 Å². The van der Waals surface area contributed by atoms with Crippen LogP contribution in [-0.4, -0.2) is 51.9 Å². The lowest BCUT2D eigenvalue weighted by Crippen LogP contribution is -2.33. The zero-order valence-corrected chi connectivity index (χ0v) is 14.0. The SMILES string of the molecule is N=C(N)c1ccc(OC(=O)c2ccc(CN(CC(=O)O)CC(=O)O)o2)cc1. The highest BCUT2D eigenvalue weighted by molar-refractivity contribution is 5.95. The molecule has 1 aromatic heterocycles. The zero-order chi connectivity index (χ0) is 20.0. The summed E-state index contributed by atoms with van der Waals surface area (Å²) in [5, 5.41) is 25.0. The Kier molecular flexibility index (Phi) is 6.28. The number of nitrogen functional groups attached to an aromatic ring is 1. The Balaban J connectivity index is 2.02. The first-order valence-electron chi connectivity index (χ1n) is 7.66. The van der Waals surface area contributed by atoms with Crippen LogP contribution in [0.2, 0.25) is 0 Å². The summed E-state index contributed by atoms with van der Waals surface area (Å²) in [6.07, 6.45) is 0. The van der Waals surface area contributed by atoms with Gasteiger partial charge in [-0.2, -0.15) is 0 Å². The molecule has 0 bridgehead atoms. The summed E-state index contributed by atoms with van der Waals surface area (Å²) >= 11 is 0. The van der Waals surface area contributed by atoms with Gasteiger partial charge in [0.05, 0.1) is 19.6 Å². The van der Waals surface area contributed by atoms with Gasteiger partial charge in [-0.15, -0.1) is 0 Å². The van der Waals surface area contributed by atoms with Gasteiger partial charge in [-0.05, 0) is 36.4 Å². The number of esters is 1. The van der Waals surface area contributed by atoms with Crippen LogP contribution in [0, 0.1) is 5.41 Å². The second kappa shape index (κ2) is 8.63. The lowest BCUT2D eigenvalue weighted by Gasteiger charge is -2.15. The monoisotopic (exact) mass is 375 g/mol. The van der Waals surface area contributed by atoms with Crippen LogP contribution in [0.1, 0.15) is 21.9 Å². The van der Waals surface area contributed by atoms with Crippen LogP contribution in [0.15, 0.2) is 40.8 Å². The quantitative estimate of drug-likeness (QED) is 0.214. The third kappa shape index (κ3) is 5.97. The number of rotatable bonds is 9. The lowest BCUT2D eigenvalue weighted by molar-refractivity contribution is -0.142. The molecule has 0 spiro atoms. The highest BCUT2D eigenvalue weighted by Crippen LogP contribution is 2.16. The van der Waals surface area contributed by atoms with E-state index in [1.807, 2.05) is 0 Å². The molecule has 0 unspecified atom stereocenters. The molecule has 142 valence electrons. The third-order valence-corrected chi connectivity index (χ3v) is 3.34. The minimum Gasteiger partial charge on any atom is -0.480 e. The number of nitrogens with zero attached hydrogens (tertiary/aromatic N) is 1. The third-order valence-electron chi connectivity index (χ3n) is 3.34. The average Bonchev–Trinajstić information content (AvgIpc) is 3.02. The number of hydrogen-bond acceptors (Lipinski definition) is 7. The van der Waals surface area contributed by atoms with E-state index < -0.39 is 31.0 Å². The number of hydrogen-bond donors (Lipinski definition) is 4. The summed E-state index contributed by atoms with van der Waals surface area (Å²) in [6, 6.07) is 8.77.